The van der Waals surface area contributed by atoms with Crippen LogP contribution in [0.1, 0.15) is 55.0 Å². The quantitative estimate of drug-likeness (QED) is 0.483. The first-order chi connectivity index (χ1) is 15.2. The third kappa shape index (κ3) is 3.69. The van der Waals surface area contributed by atoms with E-state index in [1.165, 1.54) is 0 Å². The van der Waals surface area contributed by atoms with Gasteiger partial charge in [-0.25, -0.2) is 0 Å². The minimum absolute atomic E-state index is 0.0948. The minimum Gasteiger partial charge on any atom is -0.417 e. The lowest BCUT2D eigenvalue weighted by Gasteiger charge is -2.32. The Morgan fingerprint density at radius 3 is 2.97 bits per heavy atom. The van der Waals surface area contributed by atoms with Crippen molar-refractivity contribution in [2.24, 2.45) is 0 Å². The van der Waals surface area contributed by atoms with Crippen molar-refractivity contribution in [2.75, 3.05) is 6.54 Å². The van der Waals surface area contributed by atoms with Crippen LogP contribution in [-0.2, 0) is 6.54 Å². The first-order valence-electron chi connectivity index (χ1n) is 10.8. The maximum absolute atomic E-state index is 13.2. The lowest BCUT2D eigenvalue weighted by molar-refractivity contribution is 0.0565. The molecular formula is C23H24N6O2. The van der Waals surface area contributed by atoms with Gasteiger partial charge in [0, 0.05) is 30.9 Å². The number of hydrogen-bond acceptors (Lipinski definition) is 6. The van der Waals surface area contributed by atoms with Gasteiger partial charge in [0.2, 0.25) is 5.89 Å². The standard InChI is InChI=1S/C23H24N6O2/c1-2-13-28-15-11-18(27-28)23(30)29-14-6-5-9-19(29)21-25-26-22(31-21)20-17-8-4-3-7-16(17)10-12-24-20/h3-4,7-8,10-12,15,19H,2,5-6,9,13-14H2,1H3. The zero-order chi connectivity index (χ0) is 21.2. The van der Waals surface area contributed by atoms with Crippen LogP contribution in [-0.4, -0.2) is 42.3 Å². The summed E-state index contributed by atoms with van der Waals surface area (Å²) < 4.78 is 7.88. The molecule has 5 rings (SSSR count). The van der Waals surface area contributed by atoms with Crippen LogP contribution in [0, 0.1) is 0 Å². The number of carbonyl (C=O) groups excluding carboxylic acids is 1. The molecule has 0 bridgehead atoms. The normalized spacial score (nSPS) is 16.7. The van der Waals surface area contributed by atoms with Crippen LogP contribution in [0.4, 0.5) is 0 Å². The van der Waals surface area contributed by atoms with Crippen molar-refractivity contribution in [3.05, 3.63) is 60.4 Å². The summed E-state index contributed by atoms with van der Waals surface area (Å²) in [6.07, 6.45) is 7.30. The first-order valence-corrected chi connectivity index (χ1v) is 10.8. The predicted octanol–water partition coefficient (Wildman–Crippen LogP) is 4.26. The molecule has 4 aromatic rings. The second kappa shape index (κ2) is 8.29. The summed E-state index contributed by atoms with van der Waals surface area (Å²) in [6.45, 7) is 3.53. The SMILES string of the molecule is CCCn1ccc(C(=O)N2CCCCC2c2nnc(-c3nccc4ccccc34)o2)n1. The average molecular weight is 416 g/mol. The lowest BCUT2D eigenvalue weighted by Crippen LogP contribution is -2.39. The Labute approximate surface area is 179 Å². The number of fused-ring (bicyclic) bond motifs is 1. The lowest BCUT2D eigenvalue weighted by atomic mass is 10.0. The van der Waals surface area contributed by atoms with E-state index < -0.39 is 0 Å². The van der Waals surface area contributed by atoms with Gasteiger partial charge in [-0.05, 0) is 43.2 Å². The zero-order valence-electron chi connectivity index (χ0n) is 17.4. The molecule has 1 aromatic carbocycles. The number of pyridine rings is 1. The number of amides is 1. The number of piperidine rings is 1. The van der Waals surface area contributed by atoms with Crippen molar-refractivity contribution in [3.63, 3.8) is 0 Å². The van der Waals surface area contributed by atoms with Gasteiger partial charge in [-0.1, -0.05) is 31.2 Å². The molecule has 31 heavy (non-hydrogen) atoms. The Kier molecular flexibility index (Phi) is 5.19. The summed E-state index contributed by atoms with van der Waals surface area (Å²) in [7, 11) is 0. The monoisotopic (exact) mass is 416 g/mol. The van der Waals surface area contributed by atoms with Crippen LogP contribution in [0.15, 0.2) is 53.2 Å². The van der Waals surface area contributed by atoms with Gasteiger partial charge in [-0.2, -0.15) is 5.10 Å². The minimum atomic E-state index is -0.256. The van der Waals surface area contributed by atoms with Gasteiger partial charge in [0.15, 0.2) is 0 Å². The van der Waals surface area contributed by atoms with E-state index in [-0.39, 0.29) is 11.9 Å². The van der Waals surface area contributed by atoms with Crippen LogP contribution >= 0.6 is 0 Å². The van der Waals surface area contributed by atoms with E-state index in [1.807, 2.05) is 46.1 Å². The van der Waals surface area contributed by atoms with Crippen LogP contribution in [0.5, 0.6) is 0 Å². The fourth-order valence-electron chi connectivity index (χ4n) is 4.16. The fourth-order valence-corrected chi connectivity index (χ4v) is 4.16. The highest BCUT2D eigenvalue weighted by atomic mass is 16.4. The summed E-state index contributed by atoms with van der Waals surface area (Å²) in [5.41, 5.74) is 1.11. The number of rotatable bonds is 5. The number of hydrogen-bond donors (Lipinski definition) is 0. The summed E-state index contributed by atoms with van der Waals surface area (Å²) in [5, 5.41) is 15.0. The molecule has 1 amide bonds. The smallest absolute Gasteiger partial charge is 0.275 e. The molecule has 8 nitrogen and oxygen atoms in total. The van der Waals surface area contributed by atoms with Crippen molar-refractivity contribution in [1.29, 1.82) is 0 Å². The van der Waals surface area contributed by atoms with Crippen molar-refractivity contribution < 1.29 is 9.21 Å². The maximum Gasteiger partial charge on any atom is 0.275 e. The summed E-state index contributed by atoms with van der Waals surface area (Å²) in [4.78, 5) is 19.5. The Hall–Kier alpha value is -3.55. The molecule has 1 saturated heterocycles. The summed E-state index contributed by atoms with van der Waals surface area (Å²) >= 11 is 0. The van der Waals surface area contributed by atoms with Gasteiger partial charge in [0.1, 0.15) is 17.4 Å². The van der Waals surface area contributed by atoms with E-state index in [1.54, 1.807) is 12.3 Å². The number of benzene rings is 1. The molecule has 1 fully saturated rings. The topological polar surface area (TPSA) is 89.9 Å². The molecule has 1 atom stereocenters. The van der Waals surface area contributed by atoms with Gasteiger partial charge >= 0.3 is 0 Å². The molecule has 0 saturated carbocycles. The Morgan fingerprint density at radius 2 is 2.06 bits per heavy atom. The van der Waals surface area contributed by atoms with E-state index in [0.717, 1.165) is 43.0 Å². The van der Waals surface area contributed by atoms with Crippen molar-refractivity contribution in [2.45, 2.75) is 45.2 Å². The first kappa shape index (κ1) is 19.4. The largest absolute Gasteiger partial charge is 0.417 e. The van der Waals surface area contributed by atoms with Crippen LogP contribution in [0.2, 0.25) is 0 Å². The molecule has 8 heteroatoms. The van der Waals surface area contributed by atoms with Gasteiger partial charge < -0.3 is 9.32 Å². The molecule has 0 aliphatic carbocycles. The van der Waals surface area contributed by atoms with Crippen molar-refractivity contribution in [1.82, 2.24) is 29.9 Å². The van der Waals surface area contributed by atoms with E-state index >= 15 is 0 Å². The number of likely N-dealkylation sites (tertiary alicyclic amines) is 1. The van der Waals surface area contributed by atoms with Crippen molar-refractivity contribution >= 4 is 16.7 Å². The molecule has 4 heterocycles. The second-order valence-electron chi connectivity index (χ2n) is 7.80. The fraction of sp³-hybridized carbons (Fsp3) is 0.348. The Balaban J connectivity index is 1.44. The second-order valence-corrected chi connectivity index (χ2v) is 7.80. The molecule has 1 unspecified atom stereocenters. The Bertz CT molecular complexity index is 1210. The van der Waals surface area contributed by atoms with E-state index in [0.29, 0.717) is 29.7 Å². The number of nitrogens with zero attached hydrogens (tertiary/aromatic N) is 6. The van der Waals surface area contributed by atoms with Crippen LogP contribution in [0.3, 0.4) is 0 Å². The van der Waals surface area contributed by atoms with Gasteiger partial charge in [0.05, 0.1) is 0 Å². The molecule has 158 valence electrons. The average Bonchev–Trinajstić information content (AvgIpc) is 3.49. The van der Waals surface area contributed by atoms with Gasteiger partial charge in [-0.3, -0.25) is 14.5 Å². The number of aromatic nitrogens is 5. The van der Waals surface area contributed by atoms with Crippen LogP contribution in [0.25, 0.3) is 22.4 Å². The third-order valence-corrected chi connectivity index (χ3v) is 5.68. The third-order valence-electron chi connectivity index (χ3n) is 5.68. The molecule has 1 aliphatic heterocycles. The molecule has 0 radical (unpaired) electrons. The van der Waals surface area contributed by atoms with E-state index in [2.05, 4.69) is 27.2 Å². The van der Waals surface area contributed by atoms with E-state index in [9.17, 15) is 4.79 Å². The highest BCUT2D eigenvalue weighted by molar-refractivity contribution is 5.93. The number of carbonyl (C=O) groups is 1. The summed E-state index contributed by atoms with van der Waals surface area (Å²) in [5.74, 6) is 0.727. The van der Waals surface area contributed by atoms with Gasteiger partial charge in [0.25, 0.3) is 11.8 Å². The molecule has 0 spiro atoms. The van der Waals surface area contributed by atoms with Crippen LogP contribution < -0.4 is 0 Å². The zero-order valence-corrected chi connectivity index (χ0v) is 17.4. The molecular weight excluding hydrogens is 392 g/mol. The summed E-state index contributed by atoms with van der Waals surface area (Å²) in [6, 6.07) is 11.4. The highest BCUT2D eigenvalue weighted by Gasteiger charge is 2.33. The van der Waals surface area contributed by atoms with Gasteiger partial charge in [-0.15, -0.1) is 10.2 Å². The molecule has 0 N–H and O–H groups in total. The van der Waals surface area contributed by atoms with Crippen molar-refractivity contribution in [3.8, 4) is 11.6 Å². The predicted molar refractivity (Wildman–Crippen MR) is 115 cm³/mol. The van der Waals surface area contributed by atoms with E-state index in [4.69, 9.17) is 4.42 Å². The Morgan fingerprint density at radius 1 is 1.16 bits per heavy atom. The highest BCUT2D eigenvalue weighted by Crippen LogP contribution is 2.33. The number of aryl methyl sites for hydroxylation is 1. The molecule has 3 aromatic heterocycles. The maximum atomic E-state index is 13.2. The molecule has 1 aliphatic rings.